The zero-order valence-corrected chi connectivity index (χ0v) is 12.9. The van der Waals surface area contributed by atoms with Crippen molar-refractivity contribution in [2.45, 2.75) is 37.8 Å². The van der Waals surface area contributed by atoms with Crippen molar-refractivity contribution in [2.75, 3.05) is 13.1 Å². The molecule has 2 aliphatic rings. The quantitative estimate of drug-likeness (QED) is 0.894. The Kier molecular flexibility index (Phi) is 5.51. The van der Waals surface area contributed by atoms with Crippen LogP contribution >= 0.6 is 0 Å². The first kappa shape index (κ1) is 15.1. The van der Waals surface area contributed by atoms with Crippen LogP contribution in [0.4, 0.5) is 0 Å². The van der Waals surface area contributed by atoms with Crippen molar-refractivity contribution in [3.05, 3.63) is 60.2 Å². The van der Waals surface area contributed by atoms with Gasteiger partial charge in [-0.05, 0) is 62.0 Å². The van der Waals surface area contributed by atoms with Gasteiger partial charge < -0.3 is 10.6 Å². The lowest BCUT2D eigenvalue weighted by Crippen LogP contribution is -2.12. The minimum absolute atomic E-state index is 0.559. The summed E-state index contributed by atoms with van der Waals surface area (Å²) in [4.78, 5) is 8.18. The third-order valence-electron chi connectivity index (χ3n) is 4.29. The average molecular weight is 296 g/mol. The smallest absolute Gasteiger partial charge is 0.0335 e. The van der Waals surface area contributed by atoms with E-state index in [-0.39, 0.29) is 0 Å². The normalized spacial score (nSPS) is 23.8. The number of nitrogens with one attached hydrogen (secondary N) is 2. The van der Waals surface area contributed by atoms with E-state index in [1.807, 2.05) is 36.9 Å². The molecule has 22 heavy (non-hydrogen) atoms. The summed E-state index contributed by atoms with van der Waals surface area (Å²) < 4.78 is 0. The summed E-state index contributed by atoms with van der Waals surface area (Å²) in [5.74, 6) is 0. The Morgan fingerprint density at radius 3 is 1.59 bits per heavy atom. The van der Waals surface area contributed by atoms with Gasteiger partial charge in [0, 0.05) is 36.9 Å². The van der Waals surface area contributed by atoms with E-state index in [1.54, 1.807) is 0 Å². The lowest BCUT2D eigenvalue weighted by Gasteiger charge is -2.08. The van der Waals surface area contributed by atoms with Gasteiger partial charge in [-0.3, -0.25) is 9.97 Å². The van der Waals surface area contributed by atoms with Crippen LogP contribution in [0.25, 0.3) is 0 Å². The monoisotopic (exact) mass is 296 g/mol. The third-order valence-corrected chi connectivity index (χ3v) is 4.29. The van der Waals surface area contributed by atoms with Gasteiger partial charge >= 0.3 is 0 Å². The van der Waals surface area contributed by atoms with Gasteiger partial charge in [-0.15, -0.1) is 0 Å². The Morgan fingerprint density at radius 1 is 0.773 bits per heavy atom. The van der Waals surface area contributed by atoms with Crippen LogP contribution in [0.2, 0.25) is 0 Å². The van der Waals surface area contributed by atoms with E-state index in [0.717, 1.165) is 13.1 Å². The molecule has 4 rings (SSSR count). The molecule has 0 amide bonds. The van der Waals surface area contributed by atoms with E-state index < -0.39 is 0 Å². The fourth-order valence-electron chi connectivity index (χ4n) is 3.10. The maximum Gasteiger partial charge on any atom is 0.0335 e. The van der Waals surface area contributed by atoms with Crippen molar-refractivity contribution in [2.24, 2.45) is 0 Å². The highest BCUT2D eigenvalue weighted by atomic mass is 14.9. The Labute approximate surface area is 132 Å². The molecule has 2 aliphatic heterocycles. The molecule has 2 atom stereocenters. The first-order valence-corrected chi connectivity index (χ1v) is 8.20. The summed E-state index contributed by atoms with van der Waals surface area (Å²) in [6.07, 6.45) is 12.6. The molecule has 2 unspecified atom stereocenters. The molecule has 4 heteroatoms. The zero-order chi connectivity index (χ0) is 15.0. The van der Waals surface area contributed by atoms with Crippen LogP contribution in [0.5, 0.6) is 0 Å². The fourth-order valence-corrected chi connectivity index (χ4v) is 3.10. The molecule has 2 N–H and O–H groups in total. The van der Waals surface area contributed by atoms with Crippen molar-refractivity contribution >= 4 is 0 Å². The van der Waals surface area contributed by atoms with E-state index in [9.17, 15) is 0 Å². The SMILES string of the molecule is c1cncc(C2CCCN2)c1.c1cncc(C2CCCN2)c1. The van der Waals surface area contributed by atoms with E-state index >= 15 is 0 Å². The van der Waals surface area contributed by atoms with Crippen molar-refractivity contribution in [3.63, 3.8) is 0 Å². The van der Waals surface area contributed by atoms with Crippen LogP contribution in [-0.2, 0) is 0 Å². The predicted molar refractivity (Wildman–Crippen MR) is 88.4 cm³/mol. The highest BCUT2D eigenvalue weighted by Crippen LogP contribution is 2.22. The summed E-state index contributed by atoms with van der Waals surface area (Å²) in [6, 6.07) is 9.38. The number of hydrogen-bond donors (Lipinski definition) is 2. The maximum absolute atomic E-state index is 4.09. The van der Waals surface area contributed by atoms with E-state index in [0.29, 0.717) is 12.1 Å². The van der Waals surface area contributed by atoms with Gasteiger partial charge in [0.15, 0.2) is 0 Å². The minimum Gasteiger partial charge on any atom is -0.310 e. The molecule has 2 aromatic rings. The highest BCUT2D eigenvalue weighted by molar-refractivity contribution is 5.15. The van der Waals surface area contributed by atoms with Crippen LogP contribution in [0.1, 0.15) is 48.9 Å². The number of pyridine rings is 2. The second kappa shape index (κ2) is 8.01. The molecule has 2 aromatic heterocycles. The third kappa shape index (κ3) is 4.12. The molecule has 2 saturated heterocycles. The molecule has 116 valence electrons. The van der Waals surface area contributed by atoms with Crippen molar-refractivity contribution in [1.82, 2.24) is 20.6 Å². The zero-order valence-electron chi connectivity index (χ0n) is 12.9. The Bertz CT molecular complexity index is 480. The van der Waals surface area contributed by atoms with Crippen LogP contribution in [0.15, 0.2) is 49.1 Å². The number of hydrogen-bond acceptors (Lipinski definition) is 4. The van der Waals surface area contributed by atoms with Crippen LogP contribution in [0, 0.1) is 0 Å². The van der Waals surface area contributed by atoms with Gasteiger partial charge in [0.1, 0.15) is 0 Å². The van der Waals surface area contributed by atoms with E-state index in [2.05, 4.69) is 32.7 Å². The minimum atomic E-state index is 0.559. The Hall–Kier alpha value is -1.78. The second-order valence-corrected chi connectivity index (χ2v) is 5.87. The first-order valence-electron chi connectivity index (χ1n) is 8.20. The van der Waals surface area contributed by atoms with Crippen LogP contribution < -0.4 is 10.6 Å². The molecule has 0 aromatic carbocycles. The lowest BCUT2D eigenvalue weighted by atomic mass is 10.1. The summed E-state index contributed by atoms with van der Waals surface area (Å²) in [6.45, 7) is 2.30. The first-order chi connectivity index (χ1) is 10.9. The Balaban J connectivity index is 0.000000131. The molecule has 0 bridgehead atoms. The number of aromatic nitrogens is 2. The Morgan fingerprint density at radius 2 is 1.27 bits per heavy atom. The van der Waals surface area contributed by atoms with Crippen LogP contribution in [0.3, 0.4) is 0 Å². The van der Waals surface area contributed by atoms with E-state index in [4.69, 9.17) is 0 Å². The average Bonchev–Trinajstić information content (AvgIpc) is 3.31. The summed E-state index contributed by atoms with van der Waals surface area (Å²) in [5, 5.41) is 6.87. The number of nitrogens with zero attached hydrogens (tertiary/aromatic N) is 2. The summed E-state index contributed by atoms with van der Waals surface area (Å²) in [7, 11) is 0. The molecule has 0 aliphatic carbocycles. The molecule has 2 fully saturated rings. The largest absolute Gasteiger partial charge is 0.310 e. The molecule has 4 heterocycles. The molecule has 0 spiro atoms. The topological polar surface area (TPSA) is 49.8 Å². The van der Waals surface area contributed by atoms with Gasteiger partial charge in [0.25, 0.3) is 0 Å². The summed E-state index contributed by atoms with van der Waals surface area (Å²) >= 11 is 0. The highest BCUT2D eigenvalue weighted by Gasteiger charge is 2.15. The standard InChI is InChI=1S/2C9H12N2/c2*1-3-8(7-10-5-1)9-4-2-6-11-9/h2*1,3,5,7,9,11H,2,4,6H2. The maximum atomic E-state index is 4.09. The van der Waals surface area contributed by atoms with Crippen molar-refractivity contribution < 1.29 is 0 Å². The van der Waals surface area contributed by atoms with Gasteiger partial charge in [-0.25, -0.2) is 0 Å². The van der Waals surface area contributed by atoms with Gasteiger partial charge in [-0.1, -0.05) is 12.1 Å². The van der Waals surface area contributed by atoms with Crippen molar-refractivity contribution in [1.29, 1.82) is 0 Å². The summed E-state index contributed by atoms with van der Waals surface area (Å²) in [5.41, 5.74) is 2.65. The molecule has 0 saturated carbocycles. The van der Waals surface area contributed by atoms with E-state index in [1.165, 1.54) is 36.8 Å². The van der Waals surface area contributed by atoms with Gasteiger partial charge in [0.2, 0.25) is 0 Å². The molecule has 4 nitrogen and oxygen atoms in total. The molecule has 0 radical (unpaired) electrons. The fraction of sp³-hybridized carbons (Fsp3) is 0.444. The molecular weight excluding hydrogens is 272 g/mol. The lowest BCUT2D eigenvalue weighted by molar-refractivity contribution is 0.645. The predicted octanol–water partition coefficient (Wildman–Crippen LogP) is 3.01. The van der Waals surface area contributed by atoms with Crippen LogP contribution in [-0.4, -0.2) is 23.1 Å². The number of rotatable bonds is 2. The second-order valence-electron chi connectivity index (χ2n) is 5.87. The van der Waals surface area contributed by atoms with Crippen molar-refractivity contribution in [3.8, 4) is 0 Å². The van der Waals surface area contributed by atoms with Gasteiger partial charge in [-0.2, -0.15) is 0 Å². The molecular formula is C18H24N4. The van der Waals surface area contributed by atoms with Gasteiger partial charge in [0.05, 0.1) is 0 Å².